The second-order valence-electron chi connectivity index (χ2n) is 3.98. The van der Waals surface area contributed by atoms with Crippen molar-refractivity contribution in [3.63, 3.8) is 0 Å². The lowest BCUT2D eigenvalue weighted by molar-refractivity contribution is -0.136. The molecule has 88 valence electrons. The van der Waals surface area contributed by atoms with Gasteiger partial charge in [-0.25, -0.2) is 0 Å². The predicted molar refractivity (Wildman–Crippen MR) is 67.4 cm³/mol. The topological polar surface area (TPSA) is 50.2 Å². The fourth-order valence-corrected chi connectivity index (χ4v) is 2.10. The van der Waals surface area contributed by atoms with Crippen molar-refractivity contribution in [1.82, 2.24) is 4.98 Å². The van der Waals surface area contributed by atoms with Crippen LogP contribution < -0.4 is 0 Å². The minimum Gasteiger partial charge on any atom is -0.481 e. The van der Waals surface area contributed by atoms with Gasteiger partial charge in [0.25, 0.3) is 0 Å². The van der Waals surface area contributed by atoms with E-state index in [1.54, 1.807) is 12.3 Å². The highest BCUT2D eigenvalue weighted by Gasteiger charge is 2.08. The van der Waals surface area contributed by atoms with E-state index >= 15 is 0 Å². The lowest BCUT2D eigenvalue weighted by Crippen LogP contribution is -1.99. The Labute approximate surface area is 104 Å². The molecule has 0 amide bonds. The number of nitrogens with zero attached hydrogens (tertiary/aromatic N) is 1. The zero-order chi connectivity index (χ0) is 12.4. The van der Waals surface area contributed by atoms with Gasteiger partial charge in [-0.15, -0.1) is 0 Å². The number of carboxylic acids is 1. The number of halogens is 1. The van der Waals surface area contributed by atoms with Crippen molar-refractivity contribution in [2.24, 2.45) is 0 Å². The number of hydrogen-bond acceptors (Lipinski definition) is 2. The first-order chi connectivity index (χ1) is 8.08. The van der Waals surface area contributed by atoms with Crippen LogP contribution in [0.5, 0.6) is 0 Å². The molecule has 2 aromatic rings. The molecule has 17 heavy (non-hydrogen) atoms. The van der Waals surface area contributed by atoms with Crippen molar-refractivity contribution in [3.05, 3.63) is 40.5 Å². The molecule has 0 spiro atoms. The molecule has 0 aliphatic carbocycles. The maximum absolute atomic E-state index is 10.6. The van der Waals surface area contributed by atoms with Gasteiger partial charge in [-0.2, -0.15) is 0 Å². The number of benzene rings is 1. The Kier molecular flexibility index (Phi) is 3.29. The molecule has 1 heterocycles. The summed E-state index contributed by atoms with van der Waals surface area (Å²) in [5, 5.41) is 10.3. The quantitative estimate of drug-likeness (QED) is 0.909. The van der Waals surface area contributed by atoms with Crippen molar-refractivity contribution in [2.45, 2.75) is 19.8 Å². The molecule has 0 bridgehead atoms. The Morgan fingerprint density at radius 1 is 1.47 bits per heavy atom. The smallest absolute Gasteiger partial charge is 0.303 e. The largest absolute Gasteiger partial charge is 0.481 e. The van der Waals surface area contributed by atoms with Crippen LogP contribution in [0.3, 0.4) is 0 Å². The number of hydrogen-bond donors (Lipinski definition) is 1. The van der Waals surface area contributed by atoms with Gasteiger partial charge in [-0.05, 0) is 42.7 Å². The maximum atomic E-state index is 10.6. The number of aromatic nitrogens is 1. The van der Waals surface area contributed by atoms with Gasteiger partial charge in [0.15, 0.2) is 0 Å². The molecule has 0 aliphatic rings. The minimum atomic E-state index is -0.814. The summed E-state index contributed by atoms with van der Waals surface area (Å²) >= 11 is 6.04. The Morgan fingerprint density at radius 2 is 2.24 bits per heavy atom. The Morgan fingerprint density at radius 3 is 2.94 bits per heavy atom. The first-order valence-electron chi connectivity index (χ1n) is 5.33. The third-order valence-corrected chi connectivity index (χ3v) is 2.93. The molecule has 1 aromatic carbocycles. The summed E-state index contributed by atoms with van der Waals surface area (Å²) in [7, 11) is 0. The summed E-state index contributed by atoms with van der Waals surface area (Å²) in [5.74, 6) is -0.814. The van der Waals surface area contributed by atoms with E-state index in [0.29, 0.717) is 11.4 Å². The van der Waals surface area contributed by atoms with Crippen molar-refractivity contribution < 1.29 is 9.90 Å². The molecule has 4 heteroatoms. The lowest BCUT2D eigenvalue weighted by atomic mass is 10.0. The van der Waals surface area contributed by atoms with Crippen LogP contribution >= 0.6 is 11.6 Å². The molecule has 0 saturated heterocycles. The number of carbonyl (C=O) groups is 1. The highest BCUT2D eigenvalue weighted by atomic mass is 35.5. The van der Waals surface area contributed by atoms with Gasteiger partial charge in [-0.3, -0.25) is 9.78 Å². The van der Waals surface area contributed by atoms with Gasteiger partial charge < -0.3 is 5.11 Å². The van der Waals surface area contributed by atoms with Crippen LogP contribution in [0, 0.1) is 6.92 Å². The molecular formula is C13H12ClNO2. The summed E-state index contributed by atoms with van der Waals surface area (Å²) in [6.07, 6.45) is 2.27. The van der Waals surface area contributed by atoms with Crippen molar-refractivity contribution >= 4 is 28.5 Å². The summed E-state index contributed by atoms with van der Waals surface area (Å²) in [5.41, 5.74) is 2.82. The van der Waals surface area contributed by atoms with Gasteiger partial charge in [0.2, 0.25) is 0 Å². The maximum Gasteiger partial charge on any atom is 0.303 e. The fraction of sp³-hybridized carbons (Fsp3) is 0.231. The van der Waals surface area contributed by atoms with Crippen molar-refractivity contribution in [2.75, 3.05) is 0 Å². The zero-order valence-corrected chi connectivity index (χ0v) is 10.2. The average Bonchev–Trinajstić information content (AvgIpc) is 2.27. The lowest BCUT2D eigenvalue weighted by Gasteiger charge is -2.07. The number of fused-ring (bicyclic) bond motifs is 1. The van der Waals surface area contributed by atoms with E-state index in [-0.39, 0.29) is 6.42 Å². The molecule has 2 rings (SSSR count). The highest BCUT2D eigenvalue weighted by molar-refractivity contribution is 6.31. The third-order valence-electron chi connectivity index (χ3n) is 2.71. The number of rotatable bonds is 3. The molecule has 0 saturated carbocycles. The van der Waals surface area contributed by atoms with Crippen LogP contribution in [0.1, 0.15) is 17.5 Å². The molecule has 0 atom stereocenters. The molecular weight excluding hydrogens is 238 g/mol. The van der Waals surface area contributed by atoms with Gasteiger partial charge in [0.05, 0.1) is 5.52 Å². The number of pyridine rings is 1. The Hall–Kier alpha value is -1.61. The molecule has 0 aliphatic heterocycles. The molecule has 1 N–H and O–H groups in total. The van der Waals surface area contributed by atoms with Gasteiger partial charge >= 0.3 is 5.97 Å². The number of carboxylic acid groups (broad SMARTS) is 1. The third kappa shape index (κ3) is 2.56. The monoisotopic (exact) mass is 249 g/mol. The molecule has 0 radical (unpaired) electrons. The number of aryl methyl sites for hydroxylation is 2. The van der Waals surface area contributed by atoms with Gasteiger partial charge in [-0.1, -0.05) is 11.6 Å². The molecule has 0 unspecified atom stereocenters. The second-order valence-corrected chi connectivity index (χ2v) is 4.42. The van der Waals surface area contributed by atoms with E-state index in [4.69, 9.17) is 16.7 Å². The normalized spacial score (nSPS) is 10.7. The van der Waals surface area contributed by atoms with E-state index < -0.39 is 5.97 Å². The highest BCUT2D eigenvalue weighted by Crippen LogP contribution is 2.25. The zero-order valence-electron chi connectivity index (χ0n) is 9.40. The summed E-state index contributed by atoms with van der Waals surface area (Å²) in [6.45, 7) is 1.99. The van der Waals surface area contributed by atoms with E-state index in [0.717, 1.165) is 22.0 Å². The van der Waals surface area contributed by atoms with Gasteiger partial charge in [0.1, 0.15) is 0 Å². The first kappa shape index (κ1) is 11.9. The molecule has 1 aromatic heterocycles. The predicted octanol–water partition coefficient (Wildman–Crippen LogP) is 3.21. The van der Waals surface area contributed by atoms with Crippen LogP contribution in [-0.2, 0) is 11.2 Å². The van der Waals surface area contributed by atoms with Crippen LogP contribution in [0.25, 0.3) is 10.9 Å². The van der Waals surface area contributed by atoms with Crippen molar-refractivity contribution in [3.8, 4) is 0 Å². The van der Waals surface area contributed by atoms with Crippen molar-refractivity contribution in [1.29, 1.82) is 0 Å². The van der Waals surface area contributed by atoms with Crippen LogP contribution in [-0.4, -0.2) is 16.1 Å². The fourth-order valence-electron chi connectivity index (χ4n) is 1.85. The summed E-state index contributed by atoms with van der Waals surface area (Å²) < 4.78 is 0. The van der Waals surface area contributed by atoms with E-state index in [2.05, 4.69) is 4.98 Å². The standard InChI is InChI=1S/C13H12ClNO2/c1-8-4-5-15-13-9(2-3-12(16)17)6-10(14)7-11(8)13/h4-7H,2-3H2,1H3,(H,16,17). The van der Waals surface area contributed by atoms with Gasteiger partial charge in [0, 0.05) is 23.0 Å². The summed E-state index contributed by atoms with van der Waals surface area (Å²) in [4.78, 5) is 14.9. The van der Waals surface area contributed by atoms with Crippen LogP contribution in [0.15, 0.2) is 24.4 Å². The number of aliphatic carboxylic acids is 1. The summed E-state index contributed by atoms with van der Waals surface area (Å²) in [6, 6.07) is 5.57. The molecule has 0 fully saturated rings. The van der Waals surface area contributed by atoms with Crippen LogP contribution in [0.2, 0.25) is 5.02 Å². The Balaban J connectivity index is 2.54. The Bertz CT molecular complexity index is 581. The first-order valence-corrected chi connectivity index (χ1v) is 5.71. The van der Waals surface area contributed by atoms with E-state index in [1.165, 1.54) is 0 Å². The average molecular weight is 250 g/mol. The SMILES string of the molecule is Cc1ccnc2c(CCC(=O)O)cc(Cl)cc12. The minimum absolute atomic E-state index is 0.0884. The van der Waals surface area contributed by atoms with Crippen LogP contribution in [0.4, 0.5) is 0 Å². The van der Waals surface area contributed by atoms with E-state index in [1.807, 2.05) is 19.1 Å². The van der Waals surface area contributed by atoms with E-state index in [9.17, 15) is 4.79 Å². The molecule has 3 nitrogen and oxygen atoms in total. The second kappa shape index (κ2) is 4.72.